The Morgan fingerprint density at radius 2 is 2.20 bits per heavy atom. The summed E-state index contributed by atoms with van der Waals surface area (Å²) in [7, 11) is 0. The van der Waals surface area contributed by atoms with Crippen molar-refractivity contribution in [2.45, 2.75) is 36.2 Å². The van der Waals surface area contributed by atoms with E-state index in [1.807, 2.05) is 31.3 Å². The number of hydrogen-bond donors (Lipinski definition) is 2. The smallest absolute Gasteiger partial charge is 0.238 e. The highest BCUT2D eigenvalue weighted by atomic mass is 32.2. The molecular formula is C21H18N6OS2. The van der Waals surface area contributed by atoms with Crippen molar-refractivity contribution in [2.75, 3.05) is 5.32 Å². The van der Waals surface area contributed by atoms with Gasteiger partial charge in [0.1, 0.15) is 11.1 Å². The minimum absolute atomic E-state index is 0.155. The number of thiophene rings is 1. The molecule has 1 amide bonds. The van der Waals surface area contributed by atoms with Gasteiger partial charge in [0.25, 0.3) is 0 Å². The summed E-state index contributed by atoms with van der Waals surface area (Å²) in [5, 5.41) is 24.8. The fourth-order valence-electron chi connectivity index (χ4n) is 3.38. The number of carbonyl (C=O) groups excluding carboxylic acids is 1. The average molecular weight is 435 g/mol. The number of aromatic nitrogens is 4. The van der Waals surface area contributed by atoms with Crippen molar-refractivity contribution in [2.24, 2.45) is 0 Å². The number of H-pyrrole nitrogens is 1. The van der Waals surface area contributed by atoms with E-state index in [-0.39, 0.29) is 11.2 Å². The summed E-state index contributed by atoms with van der Waals surface area (Å²) in [6.45, 7) is 1.84. The summed E-state index contributed by atoms with van der Waals surface area (Å²) in [5.41, 5.74) is 2.56. The maximum atomic E-state index is 12.7. The highest BCUT2D eigenvalue weighted by Gasteiger charge is 2.32. The van der Waals surface area contributed by atoms with Crippen molar-refractivity contribution in [3.05, 3.63) is 47.5 Å². The van der Waals surface area contributed by atoms with E-state index in [4.69, 9.17) is 5.26 Å². The molecule has 9 heteroatoms. The molecule has 7 nitrogen and oxygen atoms in total. The van der Waals surface area contributed by atoms with Crippen LogP contribution >= 0.6 is 23.1 Å². The molecule has 0 spiro atoms. The van der Waals surface area contributed by atoms with Crippen LogP contribution in [0.1, 0.15) is 31.4 Å². The number of fused-ring (bicyclic) bond motifs is 1. The number of aromatic amines is 1. The topological polar surface area (TPSA) is 99.4 Å². The quantitative estimate of drug-likeness (QED) is 0.424. The normalized spacial score (nSPS) is 14.5. The number of nitrogens with one attached hydrogen (secondary N) is 2. The first-order valence-corrected chi connectivity index (χ1v) is 11.4. The van der Waals surface area contributed by atoms with Crippen LogP contribution in [-0.4, -0.2) is 30.9 Å². The molecule has 4 aromatic rings. The predicted molar refractivity (Wildman–Crippen MR) is 119 cm³/mol. The molecule has 30 heavy (non-hydrogen) atoms. The zero-order chi connectivity index (χ0) is 20.7. The fourth-order valence-corrected chi connectivity index (χ4v) is 5.04. The Bertz CT molecular complexity index is 1280. The van der Waals surface area contributed by atoms with E-state index < -0.39 is 0 Å². The molecule has 2 N–H and O–H groups in total. The maximum absolute atomic E-state index is 12.7. The summed E-state index contributed by atoms with van der Waals surface area (Å²) in [5.74, 6) is 0.674. The maximum Gasteiger partial charge on any atom is 0.238 e. The molecular weight excluding hydrogens is 416 g/mol. The van der Waals surface area contributed by atoms with Gasteiger partial charge in [-0.15, -0.1) is 21.5 Å². The van der Waals surface area contributed by atoms with E-state index in [0.29, 0.717) is 16.6 Å². The van der Waals surface area contributed by atoms with Crippen LogP contribution < -0.4 is 5.32 Å². The molecule has 3 aromatic heterocycles. The number of para-hydroxylation sites is 1. The van der Waals surface area contributed by atoms with Gasteiger partial charge < -0.3 is 10.3 Å². The molecule has 150 valence electrons. The number of thioether (sulfide) groups is 1. The number of carbonyl (C=O) groups is 1. The Labute approximate surface area is 181 Å². The van der Waals surface area contributed by atoms with Crippen LogP contribution in [0.3, 0.4) is 0 Å². The molecule has 1 aliphatic carbocycles. The van der Waals surface area contributed by atoms with E-state index in [0.717, 1.165) is 40.3 Å². The van der Waals surface area contributed by atoms with Crippen LogP contribution in [0.25, 0.3) is 22.3 Å². The van der Waals surface area contributed by atoms with E-state index in [2.05, 4.69) is 37.2 Å². The highest BCUT2D eigenvalue weighted by Crippen LogP contribution is 2.42. The number of nitrogens with zero attached hydrogens (tertiary/aromatic N) is 4. The lowest BCUT2D eigenvalue weighted by Gasteiger charge is -2.13. The third kappa shape index (κ3) is 3.38. The largest absolute Gasteiger partial charge is 0.360 e. The van der Waals surface area contributed by atoms with E-state index in [1.54, 1.807) is 11.4 Å². The second-order valence-electron chi connectivity index (χ2n) is 7.18. The van der Waals surface area contributed by atoms with Crippen LogP contribution in [-0.2, 0) is 4.79 Å². The third-order valence-corrected chi connectivity index (χ3v) is 6.97. The average Bonchev–Trinajstić information content (AvgIpc) is 3.16. The number of anilines is 1. The number of benzene rings is 1. The summed E-state index contributed by atoms with van der Waals surface area (Å²) >= 11 is 2.74. The second-order valence-corrected chi connectivity index (χ2v) is 9.40. The molecule has 3 heterocycles. The first-order chi connectivity index (χ1) is 14.7. The van der Waals surface area contributed by atoms with E-state index in [1.165, 1.54) is 23.1 Å². The molecule has 5 rings (SSSR count). The SMILES string of the molecule is C[C@@H](Sc1nnc(-c2c[nH]c3ccccc23)n1C1CC1)C(=O)Nc1sccc1C#N. The Hall–Kier alpha value is -3.09. The van der Waals surface area contributed by atoms with Gasteiger partial charge in [-0.25, -0.2) is 0 Å². The van der Waals surface area contributed by atoms with Gasteiger partial charge in [-0.1, -0.05) is 30.0 Å². The monoisotopic (exact) mass is 434 g/mol. The van der Waals surface area contributed by atoms with Crippen LogP contribution in [0.5, 0.6) is 0 Å². The first kappa shape index (κ1) is 18.9. The van der Waals surface area contributed by atoms with Gasteiger partial charge in [-0.05, 0) is 37.3 Å². The molecule has 0 bridgehead atoms. The number of nitriles is 1. The summed E-state index contributed by atoms with van der Waals surface area (Å²) in [6, 6.07) is 12.3. The fraction of sp³-hybridized carbons (Fsp3) is 0.238. The Kier molecular flexibility index (Phi) is 4.81. The number of rotatable bonds is 6. The zero-order valence-electron chi connectivity index (χ0n) is 16.1. The van der Waals surface area contributed by atoms with Crippen molar-refractivity contribution in [3.63, 3.8) is 0 Å². The van der Waals surface area contributed by atoms with Gasteiger partial charge in [0, 0.05) is 28.7 Å². The van der Waals surface area contributed by atoms with Crippen LogP contribution in [0.2, 0.25) is 0 Å². The summed E-state index contributed by atoms with van der Waals surface area (Å²) in [6.07, 6.45) is 4.14. The van der Waals surface area contributed by atoms with Crippen molar-refractivity contribution in [3.8, 4) is 17.5 Å². The minimum atomic E-state index is -0.379. The molecule has 0 unspecified atom stereocenters. The van der Waals surface area contributed by atoms with Gasteiger partial charge in [-0.3, -0.25) is 9.36 Å². The first-order valence-electron chi connectivity index (χ1n) is 9.62. The van der Waals surface area contributed by atoms with Crippen molar-refractivity contribution in [1.82, 2.24) is 19.7 Å². The molecule has 0 aliphatic heterocycles. The highest BCUT2D eigenvalue weighted by molar-refractivity contribution is 8.00. The summed E-state index contributed by atoms with van der Waals surface area (Å²) in [4.78, 5) is 16.0. The van der Waals surface area contributed by atoms with Gasteiger partial charge in [0.15, 0.2) is 11.0 Å². The number of hydrogen-bond acceptors (Lipinski definition) is 6. The Morgan fingerprint density at radius 1 is 1.37 bits per heavy atom. The van der Waals surface area contributed by atoms with Gasteiger partial charge in [0.05, 0.1) is 10.8 Å². The molecule has 1 atom stereocenters. The minimum Gasteiger partial charge on any atom is -0.360 e. The van der Waals surface area contributed by atoms with Crippen LogP contribution in [0.15, 0.2) is 47.1 Å². The molecule has 1 aliphatic rings. The van der Waals surface area contributed by atoms with Gasteiger partial charge in [-0.2, -0.15) is 5.26 Å². The Morgan fingerprint density at radius 3 is 3.00 bits per heavy atom. The zero-order valence-corrected chi connectivity index (χ0v) is 17.8. The summed E-state index contributed by atoms with van der Waals surface area (Å²) < 4.78 is 2.16. The third-order valence-electron chi connectivity index (χ3n) is 5.08. The molecule has 0 saturated heterocycles. The predicted octanol–water partition coefficient (Wildman–Crippen LogP) is 4.81. The molecule has 1 aromatic carbocycles. The van der Waals surface area contributed by atoms with Gasteiger partial charge >= 0.3 is 0 Å². The molecule has 1 saturated carbocycles. The van der Waals surface area contributed by atoms with Crippen LogP contribution in [0, 0.1) is 11.3 Å². The van der Waals surface area contributed by atoms with E-state index >= 15 is 0 Å². The van der Waals surface area contributed by atoms with Gasteiger partial charge in [0.2, 0.25) is 5.91 Å². The lowest BCUT2D eigenvalue weighted by molar-refractivity contribution is -0.115. The van der Waals surface area contributed by atoms with Crippen molar-refractivity contribution < 1.29 is 4.79 Å². The second kappa shape index (κ2) is 7.63. The van der Waals surface area contributed by atoms with E-state index in [9.17, 15) is 4.79 Å². The van der Waals surface area contributed by atoms with Crippen molar-refractivity contribution >= 4 is 44.9 Å². The number of amides is 1. The molecule has 1 fully saturated rings. The molecule has 0 radical (unpaired) electrons. The lowest BCUT2D eigenvalue weighted by atomic mass is 10.1. The Balaban J connectivity index is 1.42. The standard InChI is InChI=1S/C21H18N6OS2/c1-12(19(28)24-20-13(10-22)8-9-29-20)30-21-26-25-18(27(21)14-6-7-14)16-11-23-17-5-3-2-4-15(16)17/h2-5,8-9,11-12,14,23H,6-7H2,1H3,(H,24,28)/t12-/m1/s1. The van der Waals surface area contributed by atoms with Crippen LogP contribution in [0.4, 0.5) is 5.00 Å². The lowest BCUT2D eigenvalue weighted by Crippen LogP contribution is -2.22. The van der Waals surface area contributed by atoms with Crippen molar-refractivity contribution in [1.29, 1.82) is 5.26 Å².